The predicted octanol–water partition coefficient (Wildman–Crippen LogP) is 1.73. The summed E-state index contributed by atoms with van der Waals surface area (Å²) in [4.78, 5) is 2.04. The third-order valence-electron chi connectivity index (χ3n) is 2.51. The highest BCUT2D eigenvalue weighted by Crippen LogP contribution is 2.20. The van der Waals surface area contributed by atoms with Gasteiger partial charge in [0.05, 0.1) is 6.61 Å². The van der Waals surface area contributed by atoms with Crippen molar-refractivity contribution in [3.63, 3.8) is 0 Å². The van der Waals surface area contributed by atoms with Crippen LogP contribution in [-0.4, -0.2) is 29.7 Å². The van der Waals surface area contributed by atoms with Gasteiger partial charge in [-0.3, -0.25) is 4.90 Å². The largest absolute Gasteiger partial charge is 0.399 e. The first kappa shape index (κ1) is 12.3. The molecule has 0 aromatic heterocycles. The lowest BCUT2D eigenvalue weighted by Gasteiger charge is -2.23. The quantitative estimate of drug-likeness (QED) is 0.772. The molecule has 4 heteroatoms. The summed E-state index contributed by atoms with van der Waals surface area (Å²) < 4.78 is 0. The Bertz CT molecular complexity index is 330. The Labute approximate surface area is 95.5 Å². The first-order valence-corrected chi connectivity index (χ1v) is 5.27. The number of aliphatic hydroxyl groups is 1. The Morgan fingerprint density at radius 3 is 2.73 bits per heavy atom. The lowest BCUT2D eigenvalue weighted by atomic mass is 10.2. The van der Waals surface area contributed by atoms with Gasteiger partial charge in [0, 0.05) is 23.3 Å². The molecule has 0 saturated heterocycles. The van der Waals surface area contributed by atoms with Crippen LogP contribution < -0.4 is 5.73 Å². The summed E-state index contributed by atoms with van der Waals surface area (Å²) in [6, 6.07) is 5.62. The molecular formula is C11H17ClN2O. The Balaban J connectivity index is 2.72. The van der Waals surface area contributed by atoms with E-state index in [4.69, 9.17) is 22.4 Å². The molecule has 0 bridgehead atoms. The second-order valence-electron chi connectivity index (χ2n) is 3.80. The number of likely N-dealkylation sites (N-methyl/N-ethyl adjacent to an activating group) is 1. The Morgan fingerprint density at radius 2 is 2.20 bits per heavy atom. The molecule has 1 aromatic rings. The van der Waals surface area contributed by atoms with E-state index >= 15 is 0 Å². The van der Waals surface area contributed by atoms with E-state index < -0.39 is 0 Å². The lowest BCUT2D eigenvalue weighted by Crippen LogP contribution is -2.31. The van der Waals surface area contributed by atoms with E-state index in [0.717, 1.165) is 5.56 Å². The summed E-state index contributed by atoms with van der Waals surface area (Å²) in [5, 5.41) is 9.68. The van der Waals surface area contributed by atoms with Crippen molar-refractivity contribution in [2.24, 2.45) is 0 Å². The minimum atomic E-state index is 0.124. The standard InChI is InChI=1S/C11H17ClN2O/c1-8(7-15)14(2)6-9-3-4-10(13)5-11(9)12/h3-5,8,15H,6-7,13H2,1-2H3. The van der Waals surface area contributed by atoms with Crippen LogP contribution in [0.4, 0.5) is 5.69 Å². The Morgan fingerprint density at radius 1 is 1.53 bits per heavy atom. The number of nitrogen functional groups attached to an aromatic ring is 1. The third-order valence-corrected chi connectivity index (χ3v) is 2.87. The maximum atomic E-state index is 9.00. The summed E-state index contributed by atoms with van der Waals surface area (Å²) >= 11 is 6.05. The maximum Gasteiger partial charge on any atom is 0.0584 e. The van der Waals surface area contributed by atoms with E-state index in [1.165, 1.54) is 0 Å². The highest BCUT2D eigenvalue weighted by Gasteiger charge is 2.10. The van der Waals surface area contributed by atoms with Gasteiger partial charge in [0.25, 0.3) is 0 Å². The predicted molar refractivity (Wildman–Crippen MR) is 63.9 cm³/mol. The van der Waals surface area contributed by atoms with Crippen molar-refractivity contribution in [2.45, 2.75) is 19.5 Å². The Hall–Kier alpha value is -0.770. The summed E-state index contributed by atoms with van der Waals surface area (Å²) in [6.45, 7) is 2.81. The van der Waals surface area contributed by atoms with Crippen LogP contribution in [0.15, 0.2) is 18.2 Å². The normalized spacial score (nSPS) is 13.1. The van der Waals surface area contributed by atoms with Crippen molar-refractivity contribution in [1.82, 2.24) is 4.90 Å². The average molecular weight is 229 g/mol. The van der Waals surface area contributed by atoms with Crippen LogP contribution >= 0.6 is 11.6 Å². The summed E-state index contributed by atoms with van der Waals surface area (Å²) in [5.74, 6) is 0. The second-order valence-corrected chi connectivity index (χ2v) is 4.20. The molecule has 0 fully saturated rings. The van der Waals surface area contributed by atoms with Crippen molar-refractivity contribution in [3.05, 3.63) is 28.8 Å². The van der Waals surface area contributed by atoms with E-state index in [1.54, 1.807) is 6.07 Å². The molecule has 1 aromatic carbocycles. The van der Waals surface area contributed by atoms with Gasteiger partial charge in [-0.1, -0.05) is 17.7 Å². The fourth-order valence-corrected chi connectivity index (χ4v) is 1.50. The summed E-state index contributed by atoms with van der Waals surface area (Å²) in [5.41, 5.74) is 7.30. The van der Waals surface area contributed by atoms with Crippen molar-refractivity contribution < 1.29 is 5.11 Å². The van der Waals surface area contributed by atoms with Gasteiger partial charge in [-0.2, -0.15) is 0 Å². The number of nitrogens with two attached hydrogens (primary N) is 1. The molecule has 0 saturated carbocycles. The smallest absolute Gasteiger partial charge is 0.0584 e. The molecule has 1 unspecified atom stereocenters. The van der Waals surface area contributed by atoms with Gasteiger partial charge in [0.15, 0.2) is 0 Å². The third kappa shape index (κ3) is 3.38. The van der Waals surface area contributed by atoms with Gasteiger partial charge in [-0.25, -0.2) is 0 Å². The van der Waals surface area contributed by atoms with Crippen LogP contribution in [0, 0.1) is 0 Å². The molecule has 84 valence electrons. The van der Waals surface area contributed by atoms with E-state index in [-0.39, 0.29) is 12.6 Å². The molecule has 3 N–H and O–H groups in total. The lowest BCUT2D eigenvalue weighted by molar-refractivity contribution is 0.154. The van der Waals surface area contributed by atoms with Gasteiger partial charge < -0.3 is 10.8 Å². The monoisotopic (exact) mass is 228 g/mol. The van der Waals surface area contributed by atoms with Gasteiger partial charge in [0.2, 0.25) is 0 Å². The van der Waals surface area contributed by atoms with E-state index in [0.29, 0.717) is 17.3 Å². The van der Waals surface area contributed by atoms with Crippen molar-refractivity contribution in [3.8, 4) is 0 Å². The van der Waals surface area contributed by atoms with Crippen LogP contribution in [0.25, 0.3) is 0 Å². The number of hydrogen-bond donors (Lipinski definition) is 2. The van der Waals surface area contributed by atoms with Crippen molar-refractivity contribution >= 4 is 17.3 Å². The van der Waals surface area contributed by atoms with Crippen LogP contribution in [-0.2, 0) is 6.54 Å². The molecular weight excluding hydrogens is 212 g/mol. The van der Waals surface area contributed by atoms with Crippen molar-refractivity contribution in [2.75, 3.05) is 19.4 Å². The Kier molecular flexibility index (Phi) is 4.39. The van der Waals surface area contributed by atoms with Crippen LogP contribution in [0.2, 0.25) is 5.02 Å². The minimum absolute atomic E-state index is 0.124. The number of nitrogens with zero attached hydrogens (tertiary/aromatic N) is 1. The van der Waals surface area contributed by atoms with Crippen LogP contribution in [0.1, 0.15) is 12.5 Å². The molecule has 3 nitrogen and oxygen atoms in total. The van der Waals surface area contributed by atoms with Gasteiger partial charge >= 0.3 is 0 Å². The first-order valence-electron chi connectivity index (χ1n) is 4.89. The number of halogens is 1. The molecule has 0 aliphatic heterocycles. The van der Waals surface area contributed by atoms with E-state index in [2.05, 4.69) is 0 Å². The fraction of sp³-hybridized carbons (Fsp3) is 0.455. The zero-order valence-corrected chi connectivity index (χ0v) is 9.83. The molecule has 1 atom stereocenters. The molecule has 0 aliphatic rings. The number of anilines is 1. The fourth-order valence-electron chi connectivity index (χ4n) is 1.26. The first-order chi connectivity index (χ1) is 7.04. The highest BCUT2D eigenvalue weighted by atomic mass is 35.5. The van der Waals surface area contributed by atoms with Gasteiger partial charge in [-0.05, 0) is 31.7 Å². The molecule has 0 amide bonds. The molecule has 0 radical (unpaired) electrons. The zero-order valence-electron chi connectivity index (χ0n) is 9.07. The molecule has 0 spiro atoms. The molecule has 15 heavy (non-hydrogen) atoms. The van der Waals surface area contributed by atoms with Gasteiger partial charge in [-0.15, -0.1) is 0 Å². The van der Waals surface area contributed by atoms with E-state index in [9.17, 15) is 0 Å². The van der Waals surface area contributed by atoms with Crippen LogP contribution in [0.5, 0.6) is 0 Å². The topological polar surface area (TPSA) is 49.5 Å². The SMILES string of the molecule is CC(CO)N(C)Cc1ccc(N)cc1Cl. The summed E-state index contributed by atoms with van der Waals surface area (Å²) in [6.07, 6.45) is 0. The second kappa shape index (κ2) is 5.35. The minimum Gasteiger partial charge on any atom is -0.399 e. The summed E-state index contributed by atoms with van der Waals surface area (Å²) in [7, 11) is 1.95. The van der Waals surface area contributed by atoms with E-state index in [1.807, 2.05) is 31.0 Å². The number of benzene rings is 1. The average Bonchev–Trinajstić information content (AvgIpc) is 2.20. The molecule has 1 rings (SSSR count). The van der Waals surface area contributed by atoms with Gasteiger partial charge in [0.1, 0.15) is 0 Å². The van der Waals surface area contributed by atoms with Crippen LogP contribution in [0.3, 0.4) is 0 Å². The number of hydrogen-bond acceptors (Lipinski definition) is 3. The number of aliphatic hydroxyl groups excluding tert-OH is 1. The molecule has 0 heterocycles. The zero-order chi connectivity index (χ0) is 11.4. The van der Waals surface area contributed by atoms with Crippen molar-refractivity contribution in [1.29, 1.82) is 0 Å². The highest BCUT2D eigenvalue weighted by molar-refractivity contribution is 6.31. The molecule has 0 aliphatic carbocycles. The maximum absolute atomic E-state index is 9.00. The number of rotatable bonds is 4.